The molecule has 0 amide bonds. The third-order valence-electron chi connectivity index (χ3n) is 4.72. The van der Waals surface area contributed by atoms with Crippen molar-refractivity contribution in [3.05, 3.63) is 75.3 Å². The average molecular weight is 401 g/mol. The molecule has 0 spiro atoms. The lowest BCUT2D eigenvalue weighted by Gasteiger charge is -2.16. The maximum Gasteiger partial charge on any atom is 0.162 e. The molecule has 0 unspecified atom stereocenters. The molecule has 2 heterocycles. The van der Waals surface area contributed by atoms with Gasteiger partial charge in [0, 0.05) is 11.1 Å². The third kappa shape index (κ3) is 2.65. The van der Waals surface area contributed by atoms with E-state index in [4.69, 9.17) is 11.6 Å². The molecule has 5 nitrogen and oxygen atoms in total. The van der Waals surface area contributed by atoms with E-state index >= 15 is 0 Å². The van der Waals surface area contributed by atoms with Crippen molar-refractivity contribution >= 4 is 23.1 Å². The maximum atomic E-state index is 14.6. The molecule has 3 aromatic rings. The first-order valence-electron chi connectivity index (χ1n) is 8.59. The van der Waals surface area contributed by atoms with Gasteiger partial charge >= 0.3 is 0 Å². The number of carbonyl (C=O) groups is 1. The second-order valence-electron chi connectivity index (χ2n) is 6.57. The molecule has 1 atom stereocenters. The molecule has 0 saturated carbocycles. The van der Waals surface area contributed by atoms with Gasteiger partial charge < -0.3 is 0 Å². The number of Topliss-reactive ketones (excluding diaryl/α,β-unsaturated/α-hetero) is 1. The van der Waals surface area contributed by atoms with Crippen LogP contribution in [0, 0.1) is 18.6 Å². The molecule has 0 fully saturated rings. The number of nitrogens with zero attached hydrogens (tertiary/aromatic N) is 4. The van der Waals surface area contributed by atoms with Gasteiger partial charge in [-0.15, -0.1) is 10.2 Å². The lowest BCUT2D eigenvalue weighted by Crippen LogP contribution is -2.14. The first-order valence-corrected chi connectivity index (χ1v) is 8.97. The Kier molecular flexibility index (Phi) is 4.34. The largest absolute Gasteiger partial charge is 0.294 e. The highest BCUT2D eigenvalue weighted by Crippen LogP contribution is 2.37. The predicted octanol–water partition coefficient (Wildman–Crippen LogP) is 4.62. The SMILES string of the molecule is CC(=O)c1ccc2c(c1Cl)C(c1c(F)cccc1F)=N[C@@H](C)c1nnc(C)n1-2. The summed E-state index contributed by atoms with van der Waals surface area (Å²) in [6.07, 6.45) is 0. The summed E-state index contributed by atoms with van der Waals surface area (Å²) in [4.78, 5) is 16.6. The summed E-state index contributed by atoms with van der Waals surface area (Å²) in [5, 5.41) is 8.34. The van der Waals surface area contributed by atoms with Gasteiger partial charge in [-0.1, -0.05) is 17.7 Å². The molecule has 4 rings (SSSR count). The van der Waals surface area contributed by atoms with Gasteiger partial charge in [-0.25, -0.2) is 8.78 Å². The van der Waals surface area contributed by atoms with E-state index in [9.17, 15) is 13.6 Å². The van der Waals surface area contributed by atoms with Crippen LogP contribution in [0.2, 0.25) is 5.02 Å². The van der Waals surface area contributed by atoms with Crippen LogP contribution in [0.3, 0.4) is 0 Å². The summed E-state index contributed by atoms with van der Waals surface area (Å²) in [7, 11) is 0. The fourth-order valence-electron chi connectivity index (χ4n) is 3.43. The number of carbonyl (C=O) groups excluding carboxylic acids is 1. The number of rotatable bonds is 2. The number of ketones is 1. The zero-order valence-corrected chi connectivity index (χ0v) is 16.1. The number of hydrogen-bond acceptors (Lipinski definition) is 4. The molecule has 1 aliphatic heterocycles. The quantitative estimate of drug-likeness (QED) is 0.589. The molecule has 0 saturated heterocycles. The van der Waals surface area contributed by atoms with Crippen molar-refractivity contribution in [3.63, 3.8) is 0 Å². The minimum absolute atomic E-state index is 0.0381. The molecule has 1 aromatic heterocycles. The Morgan fingerprint density at radius 2 is 1.79 bits per heavy atom. The summed E-state index contributed by atoms with van der Waals surface area (Å²) in [6.45, 7) is 4.89. The topological polar surface area (TPSA) is 60.1 Å². The lowest BCUT2D eigenvalue weighted by atomic mass is 9.96. The summed E-state index contributed by atoms with van der Waals surface area (Å²) in [6, 6.07) is 6.30. The van der Waals surface area contributed by atoms with Gasteiger partial charge in [-0.3, -0.25) is 14.4 Å². The Hall–Kier alpha value is -2.93. The van der Waals surface area contributed by atoms with E-state index < -0.39 is 17.7 Å². The number of benzene rings is 2. The Morgan fingerprint density at radius 1 is 1.11 bits per heavy atom. The highest BCUT2D eigenvalue weighted by Gasteiger charge is 2.31. The normalized spacial score (nSPS) is 15.5. The van der Waals surface area contributed by atoms with Gasteiger partial charge in [-0.2, -0.15) is 0 Å². The van der Waals surface area contributed by atoms with Crippen LogP contribution in [-0.2, 0) is 0 Å². The van der Waals surface area contributed by atoms with E-state index in [1.165, 1.54) is 13.0 Å². The van der Waals surface area contributed by atoms with Crippen molar-refractivity contribution < 1.29 is 13.6 Å². The lowest BCUT2D eigenvalue weighted by molar-refractivity contribution is 0.101. The Morgan fingerprint density at radius 3 is 2.43 bits per heavy atom. The minimum Gasteiger partial charge on any atom is -0.294 e. The number of hydrogen-bond donors (Lipinski definition) is 0. The van der Waals surface area contributed by atoms with Crippen LogP contribution in [0.5, 0.6) is 0 Å². The van der Waals surface area contributed by atoms with E-state index in [1.54, 1.807) is 30.5 Å². The van der Waals surface area contributed by atoms with Gasteiger partial charge in [0.25, 0.3) is 0 Å². The number of aromatic nitrogens is 3. The first kappa shape index (κ1) is 18.4. The van der Waals surface area contributed by atoms with Crippen molar-refractivity contribution in [3.8, 4) is 5.69 Å². The van der Waals surface area contributed by atoms with Crippen LogP contribution >= 0.6 is 11.6 Å². The molecule has 0 N–H and O–H groups in total. The van der Waals surface area contributed by atoms with E-state index in [0.717, 1.165) is 12.1 Å². The molecule has 142 valence electrons. The standard InChI is InChI=1S/C20H15ClF2N4O/c1-9-20-26-25-11(3)27(20)15-8-7-12(10(2)28)18(21)17(15)19(24-9)16-13(22)5-4-6-14(16)23/h4-9H,1-3H3/t9-/m0/s1. The number of aliphatic imine (C=N–C) groups is 1. The molecule has 0 bridgehead atoms. The number of halogens is 3. The smallest absolute Gasteiger partial charge is 0.162 e. The second-order valence-corrected chi connectivity index (χ2v) is 6.95. The summed E-state index contributed by atoms with van der Waals surface area (Å²) in [5.74, 6) is -0.720. The highest BCUT2D eigenvalue weighted by molar-refractivity contribution is 6.39. The van der Waals surface area contributed by atoms with E-state index in [2.05, 4.69) is 15.2 Å². The second kappa shape index (κ2) is 6.60. The minimum atomic E-state index is -0.768. The number of aryl methyl sites for hydroxylation is 1. The van der Waals surface area contributed by atoms with E-state index in [0.29, 0.717) is 17.3 Å². The van der Waals surface area contributed by atoms with Gasteiger partial charge in [-0.05, 0) is 45.0 Å². The predicted molar refractivity (Wildman–Crippen MR) is 102 cm³/mol. The monoisotopic (exact) mass is 400 g/mol. The molecule has 1 aliphatic rings. The van der Waals surface area contributed by atoms with Crippen LogP contribution < -0.4 is 0 Å². The summed E-state index contributed by atoms with van der Waals surface area (Å²) < 4.78 is 31.0. The van der Waals surface area contributed by atoms with Crippen LogP contribution in [0.1, 0.15) is 53.0 Å². The van der Waals surface area contributed by atoms with Gasteiger partial charge in [0.2, 0.25) is 0 Å². The van der Waals surface area contributed by atoms with Crippen molar-refractivity contribution in [2.24, 2.45) is 4.99 Å². The zero-order valence-electron chi connectivity index (χ0n) is 15.3. The Balaban J connectivity index is 2.16. The van der Waals surface area contributed by atoms with Gasteiger partial charge in [0.1, 0.15) is 23.5 Å². The van der Waals surface area contributed by atoms with Gasteiger partial charge in [0.15, 0.2) is 11.6 Å². The number of fused-ring (bicyclic) bond motifs is 3. The first-order chi connectivity index (χ1) is 13.3. The Labute approximate surface area is 164 Å². The zero-order chi connectivity index (χ0) is 20.2. The Bertz CT molecular complexity index is 1150. The molecular weight excluding hydrogens is 386 g/mol. The van der Waals surface area contributed by atoms with Crippen molar-refractivity contribution in [1.82, 2.24) is 14.8 Å². The van der Waals surface area contributed by atoms with Crippen molar-refractivity contribution in [1.29, 1.82) is 0 Å². The van der Waals surface area contributed by atoms with Crippen molar-refractivity contribution in [2.75, 3.05) is 0 Å². The fraction of sp³-hybridized carbons (Fsp3) is 0.200. The third-order valence-corrected chi connectivity index (χ3v) is 5.12. The van der Waals surface area contributed by atoms with Crippen LogP contribution in [-0.4, -0.2) is 26.3 Å². The fourth-order valence-corrected chi connectivity index (χ4v) is 3.81. The summed E-state index contributed by atoms with van der Waals surface area (Å²) >= 11 is 6.58. The molecule has 28 heavy (non-hydrogen) atoms. The highest BCUT2D eigenvalue weighted by atomic mass is 35.5. The summed E-state index contributed by atoms with van der Waals surface area (Å²) in [5.41, 5.74) is 0.766. The van der Waals surface area contributed by atoms with Crippen molar-refractivity contribution in [2.45, 2.75) is 26.8 Å². The maximum absolute atomic E-state index is 14.6. The van der Waals surface area contributed by atoms with E-state index in [-0.39, 0.29) is 33.2 Å². The van der Waals surface area contributed by atoms with Crippen LogP contribution in [0.4, 0.5) is 8.78 Å². The molecule has 0 aliphatic carbocycles. The van der Waals surface area contributed by atoms with Gasteiger partial charge in [0.05, 0.1) is 22.0 Å². The molecule has 2 aromatic carbocycles. The van der Waals surface area contributed by atoms with Crippen LogP contribution in [0.25, 0.3) is 5.69 Å². The van der Waals surface area contributed by atoms with Crippen LogP contribution in [0.15, 0.2) is 35.3 Å². The average Bonchev–Trinajstić information content (AvgIpc) is 2.95. The van der Waals surface area contributed by atoms with E-state index in [1.807, 2.05) is 0 Å². The molecular formula is C20H15ClF2N4O. The molecule has 0 radical (unpaired) electrons. The molecule has 8 heteroatoms.